The van der Waals surface area contributed by atoms with Crippen molar-refractivity contribution in [3.63, 3.8) is 0 Å². The molecule has 2 rings (SSSR count). The lowest BCUT2D eigenvalue weighted by atomic mass is 10.1. The van der Waals surface area contributed by atoms with Gasteiger partial charge in [0.05, 0.1) is 0 Å². The average molecular weight is 254 g/mol. The maximum absolute atomic E-state index is 3.50. The minimum absolute atomic E-state index is 0.940. The molecular weight excluding hydrogens is 232 g/mol. The molecule has 1 N–H and O–H groups in total. The molecule has 0 amide bonds. The fraction of sp³-hybridized carbons (Fsp3) is 0.294. The van der Waals surface area contributed by atoms with E-state index in [2.05, 4.69) is 73.6 Å². The van der Waals surface area contributed by atoms with Crippen molar-refractivity contribution in [2.75, 3.05) is 30.4 Å². The van der Waals surface area contributed by atoms with E-state index in [4.69, 9.17) is 0 Å². The number of hydrogen-bond acceptors (Lipinski definition) is 2. The summed E-state index contributed by atoms with van der Waals surface area (Å²) >= 11 is 0. The summed E-state index contributed by atoms with van der Waals surface area (Å²) in [7, 11) is 2.12. The number of benzene rings is 2. The molecule has 100 valence electrons. The summed E-state index contributed by atoms with van der Waals surface area (Å²) in [6.45, 7) is 6.20. The normalized spacial score (nSPS) is 10.3. The summed E-state index contributed by atoms with van der Waals surface area (Å²) in [4.78, 5) is 2.26. The molecule has 0 fully saturated rings. The van der Waals surface area contributed by atoms with Gasteiger partial charge in [-0.3, -0.25) is 0 Å². The van der Waals surface area contributed by atoms with Crippen LogP contribution in [-0.2, 0) is 0 Å². The zero-order valence-corrected chi connectivity index (χ0v) is 12.0. The van der Waals surface area contributed by atoms with Crippen molar-refractivity contribution in [2.24, 2.45) is 0 Å². The summed E-state index contributed by atoms with van der Waals surface area (Å²) < 4.78 is 0. The highest BCUT2D eigenvalue weighted by Crippen LogP contribution is 2.16. The monoisotopic (exact) mass is 254 g/mol. The second-order valence-electron chi connectivity index (χ2n) is 5.00. The van der Waals surface area contributed by atoms with Gasteiger partial charge in [-0.2, -0.15) is 0 Å². The number of rotatable bonds is 5. The number of likely N-dealkylation sites (N-methyl/N-ethyl adjacent to an activating group) is 1. The molecule has 0 aliphatic rings. The third kappa shape index (κ3) is 3.75. The fourth-order valence-electron chi connectivity index (χ4n) is 2.18. The molecule has 19 heavy (non-hydrogen) atoms. The van der Waals surface area contributed by atoms with Crippen LogP contribution in [0.5, 0.6) is 0 Å². The number of nitrogens with one attached hydrogen (secondary N) is 1. The maximum Gasteiger partial charge on any atom is 0.0370 e. The van der Waals surface area contributed by atoms with Crippen LogP contribution in [0, 0.1) is 13.8 Å². The van der Waals surface area contributed by atoms with Crippen LogP contribution in [0.4, 0.5) is 11.4 Å². The molecule has 0 radical (unpaired) electrons. The molecule has 2 aromatic carbocycles. The lowest BCUT2D eigenvalue weighted by Gasteiger charge is -2.20. The van der Waals surface area contributed by atoms with Gasteiger partial charge in [-0.15, -0.1) is 0 Å². The van der Waals surface area contributed by atoms with Gasteiger partial charge in [0.1, 0.15) is 0 Å². The summed E-state index contributed by atoms with van der Waals surface area (Å²) in [6, 6.07) is 17.0. The van der Waals surface area contributed by atoms with Crippen LogP contribution in [0.15, 0.2) is 48.5 Å². The molecule has 0 saturated carbocycles. The fourth-order valence-corrected chi connectivity index (χ4v) is 2.18. The Labute approximate surface area is 116 Å². The van der Waals surface area contributed by atoms with Gasteiger partial charge in [-0.1, -0.05) is 35.9 Å². The molecular formula is C17H22N2. The van der Waals surface area contributed by atoms with Crippen LogP contribution < -0.4 is 10.2 Å². The van der Waals surface area contributed by atoms with Gasteiger partial charge in [-0.25, -0.2) is 0 Å². The molecule has 0 aliphatic heterocycles. The van der Waals surface area contributed by atoms with Crippen LogP contribution in [-0.4, -0.2) is 20.1 Å². The van der Waals surface area contributed by atoms with Crippen LogP contribution in [0.3, 0.4) is 0 Å². The highest BCUT2D eigenvalue weighted by atomic mass is 15.1. The van der Waals surface area contributed by atoms with Gasteiger partial charge in [0.15, 0.2) is 0 Å². The van der Waals surface area contributed by atoms with Crippen LogP contribution in [0.1, 0.15) is 11.1 Å². The third-order valence-electron chi connectivity index (χ3n) is 3.34. The van der Waals surface area contributed by atoms with E-state index in [1.165, 1.54) is 22.5 Å². The summed E-state index contributed by atoms with van der Waals surface area (Å²) in [5.74, 6) is 0. The maximum atomic E-state index is 3.50. The predicted octanol–water partition coefficient (Wildman–Crippen LogP) is 3.85. The Morgan fingerprint density at radius 1 is 1.00 bits per heavy atom. The van der Waals surface area contributed by atoms with E-state index in [0.29, 0.717) is 0 Å². The van der Waals surface area contributed by atoms with Gasteiger partial charge in [-0.05, 0) is 37.6 Å². The third-order valence-corrected chi connectivity index (χ3v) is 3.34. The van der Waals surface area contributed by atoms with E-state index < -0.39 is 0 Å². The Bertz CT molecular complexity index is 520. The SMILES string of the molecule is Cc1ccc(NCCN(C)c2ccccc2)c(C)c1. The second-order valence-corrected chi connectivity index (χ2v) is 5.00. The molecule has 0 bridgehead atoms. The van der Waals surface area contributed by atoms with Gasteiger partial charge in [0.25, 0.3) is 0 Å². The van der Waals surface area contributed by atoms with Crippen LogP contribution >= 0.6 is 0 Å². The highest BCUT2D eigenvalue weighted by molar-refractivity contribution is 5.52. The smallest absolute Gasteiger partial charge is 0.0370 e. The highest BCUT2D eigenvalue weighted by Gasteiger charge is 2.01. The minimum Gasteiger partial charge on any atom is -0.383 e. The predicted molar refractivity (Wildman–Crippen MR) is 84.1 cm³/mol. The summed E-state index contributed by atoms with van der Waals surface area (Å²) in [6.07, 6.45) is 0. The van der Waals surface area contributed by atoms with Gasteiger partial charge < -0.3 is 10.2 Å². The summed E-state index contributed by atoms with van der Waals surface area (Å²) in [5.41, 5.74) is 5.10. The number of aryl methyl sites for hydroxylation is 2. The topological polar surface area (TPSA) is 15.3 Å². The zero-order valence-electron chi connectivity index (χ0n) is 12.0. The first kappa shape index (κ1) is 13.5. The molecule has 0 atom stereocenters. The Hall–Kier alpha value is -1.96. The minimum atomic E-state index is 0.940. The first-order chi connectivity index (χ1) is 9.16. The van der Waals surface area contributed by atoms with Crippen molar-refractivity contribution < 1.29 is 0 Å². The molecule has 0 saturated heterocycles. The molecule has 2 nitrogen and oxygen atoms in total. The first-order valence-electron chi connectivity index (χ1n) is 6.74. The Kier molecular flexibility index (Phi) is 4.45. The number of nitrogens with zero attached hydrogens (tertiary/aromatic N) is 1. The Balaban J connectivity index is 1.86. The Morgan fingerprint density at radius 2 is 1.74 bits per heavy atom. The molecule has 0 spiro atoms. The van der Waals surface area contributed by atoms with E-state index in [9.17, 15) is 0 Å². The van der Waals surface area contributed by atoms with Crippen molar-refractivity contribution in [3.05, 3.63) is 59.7 Å². The molecule has 2 heteroatoms. The largest absolute Gasteiger partial charge is 0.383 e. The van der Waals surface area contributed by atoms with Gasteiger partial charge >= 0.3 is 0 Å². The van der Waals surface area contributed by atoms with Crippen LogP contribution in [0.25, 0.3) is 0 Å². The Morgan fingerprint density at radius 3 is 2.42 bits per heavy atom. The van der Waals surface area contributed by atoms with E-state index in [1.807, 2.05) is 6.07 Å². The second kappa shape index (κ2) is 6.28. The van der Waals surface area contributed by atoms with E-state index in [-0.39, 0.29) is 0 Å². The van der Waals surface area contributed by atoms with E-state index >= 15 is 0 Å². The quantitative estimate of drug-likeness (QED) is 0.871. The molecule has 0 aromatic heterocycles. The molecule has 0 unspecified atom stereocenters. The standard InChI is InChI=1S/C17H22N2/c1-14-9-10-17(15(2)13-14)18-11-12-19(3)16-7-5-4-6-8-16/h4-10,13,18H,11-12H2,1-3H3. The van der Waals surface area contributed by atoms with Crippen molar-refractivity contribution in [2.45, 2.75) is 13.8 Å². The lowest BCUT2D eigenvalue weighted by molar-refractivity contribution is 0.913. The number of hydrogen-bond donors (Lipinski definition) is 1. The van der Waals surface area contributed by atoms with Crippen LogP contribution in [0.2, 0.25) is 0 Å². The molecule has 0 heterocycles. The van der Waals surface area contributed by atoms with E-state index in [0.717, 1.165) is 13.1 Å². The number of anilines is 2. The van der Waals surface area contributed by atoms with Crippen molar-refractivity contribution in [3.8, 4) is 0 Å². The number of para-hydroxylation sites is 1. The van der Waals surface area contributed by atoms with Crippen molar-refractivity contribution >= 4 is 11.4 Å². The molecule has 2 aromatic rings. The first-order valence-corrected chi connectivity index (χ1v) is 6.74. The molecule has 0 aliphatic carbocycles. The zero-order chi connectivity index (χ0) is 13.7. The van der Waals surface area contributed by atoms with Gasteiger partial charge in [0, 0.05) is 31.5 Å². The lowest BCUT2D eigenvalue weighted by Crippen LogP contribution is -2.24. The van der Waals surface area contributed by atoms with Crippen molar-refractivity contribution in [1.29, 1.82) is 0 Å². The summed E-state index contributed by atoms with van der Waals surface area (Å²) in [5, 5.41) is 3.50. The van der Waals surface area contributed by atoms with Crippen molar-refractivity contribution in [1.82, 2.24) is 0 Å². The van der Waals surface area contributed by atoms with E-state index in [1.54, 1.807) is 0 Å². The van der Waals surface area contributed by atoms with Gasteiger partial charge in [0.2, 0.25) is 0 Å². The average Bonchev–Trinajstić information content (AvgIpc) is 2.42.